The lowest BCUT2D eigenvalue weighted by Crippen LogP contribution is -2.22. The van der Waals surface area contributed by atoms with Crippen LogP contribution in [0, 0.1) is 12.8 Å². The number of pyridine rings is 1. The van der Waals surface area contributed by atoms with E-state index < -0.39 is 0 Å². The van der Waals surface area contributed by atoms with Crippen LogP contribution >= 0.6 is 0 Å². The molecular formula is C21H30N4O. The first kappa shape index (κ1) is 19.8. The Hall–Kier alpha value is -2.56. The average Bonchev–Trinajstić information content (AvgIpc) is 2.63. The summed E-state index contributed by atoms with van der Waals surface area (Å²) in [6.45, 7) is 13.4. The summed E-state index contributed by atoms with van der Waals surface area (Å²) in [6.07, 6.45) is 1.61. The van der Waals surface area contributed by atoms with E-state index in [2.05, 4.69) is 54.3 Å². The first-order valence-electron chi connectivity index (χ1n) is 9.31. The molecular weight excluding hydrogens is 324 g/mol. The van der Waals surface area contributed by atoms with Crippen LogP contribution in [-0.2, 0) is 0 Å². The number of aromatic nitrogens is 1. The van der Waals surface area contributed by atoms with Gasteiger partial charge in [0.15, 0.2) is 0 Å². The molecule has 5 heteroatoms. The molecule has 26 heavy (non-hydrogen) atoms. The summed E-state index contributed by atoms with van der Waals surface area (Å²) in [4.78, 5) is 19.1. The van der Waals surface area contributed by atoms with Crippen molar-refractivity contribution in [3.63, 3.8) is 0 Å². The first-order valence-corrected chi connectivity index (χ1v) is 9.31. The van der Waals surface area contributed by atoms with Crippen LogP contribution in [0.2, 0.25) is 0 Å². The Morgan fingerprint density at radius 3 is 2.42 bits per heavy atom. The lowest BCUT2D eigenvalue weighted by Gasteiger charge is -2.22. The summed E-state index contributed by atoms with van der Waals surface area (Å²) in [5.41, 5.74) is 3.60. The number of nitrogens with zero attached hydrogens (tertiary/aromatic N) is 2. The molecule has 1 aromatic heterocycles. The summed E-state index contributed by atoms with van der Waals surface area (Å²) >= 11 is 0. The molecule has 0 atom stereocenters. The lowest BCUT2D eigenvalue weighted by atomic mass is 10.1. The van der Waals surface area contributed by atoms with Gasteiger partial charge in [-0.3, -0.25) is 4.79 Å². The number of hydrogen-bond acceptors (Lipinski definition) is 4. The fourth-order valence-corrected chi connectivity index (χ4v) is 2.71. The van der Waals surface area contributed by atoms with Crippen LogP contribution in [-0.4, -0.2) is 30.5 Å². The Labute approximate surface area is 156 Å². The molecule has 0 aliphatic carbocycles. The Balaban J connectivity index is 2.05. The van der Waals surface area contributed by atoms with Gasteiger partial charge in [-0.1, -0.05) is 13.8 Å². The predicted octanol–water partition coefficient (Wildman–Crippen LogP) is 4.56. The van der Waals surface area contributed by atoms with Crippen LogP contribution < -0.4 is 15.5 Å². The van der Waals surface area contributed by atoms with Gasteiger partial charge in [0.05, 0.1) is 5.56 Å². The number of amides is 1. The van der Waals surface area contributed by atoms with E-state index in [9.17, 15) is 4.79 Å². The summed E-state index contributed by atoms with van der Waals surface area (Å²) in [5, 5.41) is 6.23. The maximum Gasteiger partial charge on any atom is 0.257 e. The summed E-state index contributed by atoms with van der Waals surface area (Å²) in [6, 6.07) is 9.76. The van der Waals surface area contributed by atoms with Crippen LogP contribution in [0.5, 0.6) is 0 Å². The highest BCUT2D eigenvalue weighted by molar-refractivity contribution is 6.04. The van der Waals surface area contributed by atoms with E-state index in [1.54, 1.807) is 12.3 Å². The van der Waals surface area contributed by atoms with Crippen molar-refractivity contribution < 1.29 is 4.79 Å². The number of benzene rings is 1. The SMILES string of the molecule is CCN(CC)c1ccc(NC(=O)c2ccc(NCC(C)C)nc2)c(C)c1. The monoisotopic (exact) mass is 354 g/mol. The van der Waals surface area contributed by atoms with Crippen molar-refractivity contribution >= 4 is 23.1 Å². The Bertz CT molecular complexity index is 721. The molecule has 0 saturated heterocycles. The third-order valence-electron chi connectivity index (χ3n) is 4.30. The molecule has 1 heterocycles. The molecule has 0 unspecified atom stereocenters. The molecule has 140 valence electrons. The number of rotatable bonds is 8. The van der Waals surface area contributed by atoms with Gasteiger partial charge in [0, 0.05) is 37.2 Å². The van der Waals surface area contributed by atoms with Gasteiger partial charge >= 0.3 is 0 Å². The second-order valence-electron chi connectivity index (χ2n) is 6.83. The van der Waals surface area contributed by atoms with Crippen molar-refractivity contribution in [2.75, 3.05) is 35.2 Å². The minimum Gasteiger partial charge on any atom is -0.372 e. The fourth-order valence-electron chi connectivity index (χ4n) is 2.71. The third kappa shape index (κ3) is 5.22. The van der Waals surface area contributed by atoms with Gasteiger partial charge < -0.3 is 15.5 Å². The van der Waals surface area contributed by atoms with Gasteiger partial charge in [0.2, 0.25) is 0 Å². The van der Waals surface area contributed by atoms with Gasteiger partial charge in [0.1, 0.15) is 5.82 Å². The molecule has 5 nitrogen and oxygen atoms in total. The molecule has 0 aliphatic heterocycles. The van der Waals surface area contributed by atoms with Crippen molar-refractivity contribution in [2.45, 2.75) is 34.6 Å². The molecule has 0 fully saturated rings. The smallest absolute Gasteiger partial charge is 0.257 e. The minimum absolute atomic E-state index is 0.147. The second kappa shape index (κ2) is 9.22. The van der Waals surface area contributed by atoms with Crippen molar-refractivity contribution in [1.29, 1.82) is 0 Å². The van der Waals surface area contributed by atoms with Crippen LogP contribution in [0.1, 0.15) is 43.6 Å². The molecule has 0 aliphatic rings. The van der Waals surface area contributed by atoms with E-state index in [0.29, 0.717) is 11.5 Å². The van der Waals surface area contributed by atoms with Crippen LogP contribution in [0.4, 0.5) is 17.2 Å². The van der Waals surface area contributed by atoms with Crippen molar-refractivity contribution in [3.8, 4) is 0 Å². The van der Waals surface area contributed by atoms with E-state index >= 15 is 0 Å². The normalized spacial score (nSPS) is 10.7. The van der Waals surface area contributed by atoms with E-state index in [1.807, 2.05) is 25.1 Å². The first-order chi connectivity index (χ1) is 12.4. The molecule has 1 amide bonds. The van der Waals surface area contributed by atoms with Crippen molar-refractivity contribution in [2.24, 2.45) is 5.92 Å². The number of carbonyl (C=O) groups is 1. The van der Waals surface area contributed by atoms with Crippen LogP contribution in [0.3, 0.4) is 0 Å². The number of nitrogens with one attached hydrogen (secondary N) is 2. The minimum atomic E-state index is -0.147. The second-order valence-corrected chi connectivity index (χ2v) is 6.83. The Morgan fingerprint density at radius 1 is 1.15 bits per heavy atom. The largest absolute Gasteiger partial charge is 0.372 e. The zero-order chi connectivity index (χ0) is 19.1. The molecule has 0 bridgehead atoms. The molecule has 1 aromatic carbocycles. The number of carbonyl (C=O) groups excluding carboxylic acids is 1. The van der Waals surface area contributed by atoms with Gasteiger partial charge in [-0.2, -0.15) is 0 Å². The summed E-state index contributed by atoms with van der Waals surface area (Å²) in [7, 11) is 0. The summed E-state index contributed by atoms with van der Waals surface area (Å²) in [5.74, 6) is 1.18. The highest BCUT2D eigenvalue weighted by atomic mass is 16.1. The van der Waals surface area contributed by atoms with Crippen molar-refractivity contribution in [3.05, 3.63) is 47.7 Å². The quantitative estimate of drug-likeness (QED) is 0.730. The van der Waals surface area contributed by atoms with E-state index in [0.717, 1.165) is 36.7 Å². The van der Waals surface area contributed by atoms with Gasteiger partial charge in [0.25, 0.3) is 5.91 Å². The zero-order valence-corrected chi connectivity index (χ0v) is 16.5. The van der Waals surface area contributed by atoms with Crippen molar-refractivity contribution in [1.82, 2.24) is 4.98 Å². The fraction of sp³-hybridized carbons (Fsp3) is 0.429. The van der Waals surface area contributed by atoms with Gasteiger partial charge in [-0.05, 0) is 62.6 Å². The maximum absolute atomic E-state index is 12.5. The van der Waals surface area contributed by atoms with Gasteiger partial charge in [-0.15, -0.1) is 0 Å². The average molecular weight is 354 g/mol. The molecule has 0 spiro atoms. The van der Waals surface area contributed by atoms with E-state index in [4.69, 9.17) is 0 Å². The zero-order valence-electron chi connectivity index (χ0n) is 16.5. The maximum atomic E-state index is 12.5. The highest BCUT2D eigenvalue weighted by Gasteiger charge is 2.10. The van der Waals surface area contributed by atoms with Crippen LogP contribution in [0.15, 0.2) is 36.5 Å². The standard InChI is InChI=1S/C21H30N4O/c1-6-25(7-2)18-9-10-19(16(5)12-18)24-21(26)17-8-11-20(23-14-17)22-13-15(3)4/h8-12,14-15H,6-7,13H2,1-5H3,(H,22,23)(H,24,26). The Morgan fingerprint density at radius 2 is 1.88 bits per heavy atom. The molecule has 0 saturated carbocycles. The van der Waals surface area contributed by atoms with Gasteiger partial charge in [-0.25, -0.2) is 4.98 Å². The lowest BCUT2D eigenvalue weighted by molar-refractivity contribution is 0.102. The predicted molar refractivity (Wildman–Crippen MR) is 110 cm³/mol. The van der Waals surface area contributed by atoms with E-state index in [1.165, 1.54) is 5.69 Å². The number of anilines is 3. The highest BCUT2D eigenvalue weighted by Crippen LogP contribution is 2.23. The third-order valence-corrected chi connectivity index (χ3v) is 4.30. The topological polar surface area (TPSA) is 57.3 Å². The molecule has 0 radical (unpaired) electrons. The summed E-state index contributed by atoms with van der Waals surface area (Å²) < 4.78 is 0. The molecule has 2 rings (SSSR count). The molecule has 2 aromatic rings. The molecule has 2 N–H and O–H groups in total. The van der Waals surface area contributed by atoms with E-state index in [-0.39, 0.29) is 5.91 Å². The number of aryl methyl sites for hydroxylation is 1. The number of hydrogen-bond donors (Lipinski definition) is 2. The Kier molecular flexibility index (Phi) is 7.01. The van der Waals surface area contributed by atoms with Crippen LogP contribution in [0.25, 0.3) is 0 Å².